The van der Waals surface area contributed by atoms with E-state index in [9.17, 15) is 8.42 Å². The molecule has 0 unspecified atom stereocenters. The molecule has 2 rings (SSSR count). The standard InChI is InChI=1S/C9H8N4O2S2/c10-5-7-1-2-9(16-7)17(14,15)13-6-8-11-3-4-12-8/h1-4,13H,6H2,(H,11,12). The fraction of sp³-hybridized carbons (Fsp3) is 0.111. The van der Waals surface area contributed by atoms with Gasteiger partial charge < -0.3 is 4.98 Å². The van der Waals surface area contributed by atoms with Crippen LogP contribution in [0.2, 0.25) is 0 Å². The molecule has 0 aliphatic carbocycles. The Morgan fingerprint density at radius 3 is 2.94 bits per heavy atom. The van der Waals surface area contributed by atoms with E-state index in [0.29, 0.717) is 10.7 Å². The average Bonchev–Trinajstić information content (AvgIpc) is 2.98. The maximum absolute atomic E-state index is 11.8. The van der Waals surface area contributed by atoms with Gasteiger partial charge in [0, 0.05) is 12.4 Å². The maximum atomic E-state index is 11.8. The van der Waals surface area contributed by atoms with Gasteiger partial charge in [0.2, 0.25) is 0 Å². The quantitative estimate of drug-likeness (QED) is 0.857. The molecule has 0 aliphatic rings. The zero-order chi connectivity index (χ0) is 12.3. The third kappa shape index (κ3) is 2.71. The normalized spacial score (nSPS) is 11.2. The van der Waals surface area contributed by atoms with Crippen LogP contribution < -0.4 is 4.72 Å². The molecule has 6 nitrogen and oxygen atoms in total. The van der Waals surface area contributed by atoms with Gasteiger partial charge in [-0.2, -0.15) is 5.26 Å². The molecule has 0 bridgehead atoms. The van der Waals surface area contributed by atoms with Crippen LogP contribution >= 0.6 is 11.3 Å². The molecular formula is C9H8N4O2S2. The van der Waals surface area contributed by atoms with Crippen molar-refractivity contribution in [2.75, 3.05) is 0 Å². The fourth-order valence-corrected chi connectivity index (χ4v) is 3.29. The van der Waals surface area contributed by atoms with Crippen molar-refractivity contribution in [3.63, 3.8) is 0 Å². The number of imidazole rings is 1. The van der Waals surface area contributed by atoms with Crippen LogP contribution in [0.25, 0.3) is 0 Å². The summed E-state index contributed by atoms with van der Waals surface area (Å²) >= 11 is 0.935. The summed E-state index contributed by atoms with van der Waals surface area (Å²) in [6, 6.07) is 4.79. The highest BCUT2D eigenvalue weighted by Crippen LogP contribution is 2.20. The lowest BCUT2D eigenvalue weighted by atomic mass is 10.5. The lowest BCUT2D eigenvalue weighted by Crippen LogP contribution is -2.22. The Morgan fingerprint density at radius 2 is 2.35 bits per heavy atom. The largest absolute Gasteiger partial charge is 0.347 e. The van der Waals surface area contributed by atoms with E-state index in [4.69, 9.17) is 5.26 Å². The zero-order valence-electron chi connectivity index (χ0n) is 8.54. The first kappa shape index (κ1) is 11.8. The van der Waals surface area contributed by atoms with E-state index in [1.54, 1.807) is 12.4 Å². The van der Waals surface area contributed by atoms with Crippen LogP contribution in [0, 0.1) is 11.3 Å². The maximum Gasteiger partial charge on any atom is 0.250 e. The molecule has 0 saturated carbocycles. The second-order valence-corrected chi connectivity index (χ2v) is 6.17. The zero-order valence-corrected chi connectivity index (χ0v) is 10.2. The number of nitrogens with zero attached hydrogens (tertiary/aromatic N) is 2. The third-order valence-corrected chi connectivity index (χ3v) is 4.82. The number of aromatic amines is 1. The molecule has 0 aromatic carbocycles. The molecule has 0 fully saturated rings. The van der Waals surface area contributed by atoms with Gasteiger partial charge in [0.05, 0.1) is 6.54 Å². The minimum Gasteiger partial charge on any atom is -0.347 e. The van der Waals surface area contributed by atoms with Gasteiger partial charge in [-0.15, -0.1) is 11.3 Å². The number of aromatic nitrogens is 2. The van der Waals surface area contributed by atoms with Crippen molar-refractivity contribution in [2.45, 2.75) is 10.8 Å². The predicted molar refractivity (Wildman–Crippen MR) is 61.6 cm³/mol. The molecule has 0 amide bonds. The van der Waals surface area contributed by atoms with Crippen LogP contribution in [0.5, 0.6) is 0 Å². The Morgan fingerprint density at radius 1 is 1.53 bits per heavy atom. The van der Waals surface area contributed by atoms with E-state index >= 15 is 0 Å². The fourth-order valence-electron chi connectivity index (χ4n) is 1.15. The highest BCUT2D eigenvalue weighted by atomic mass is 32.2. The summed E-state index contributed by atoms with van der Waals surface area (Å²) in [5.41, 5.74) is 0. The van der Waals surface area contributed by atoms with Gasteiger partial charge in [0.1, 0.15) is 21.0 Å². The molecule has 0 aliphatic heterocycles. The van der Waals surface area contributed by atoms with E-state index < -0.39 is 10.0 Å². The number of hydrogen-bond donors (Lipinski definition) is 2. The second-order valence-electron chi connectivity index (χ2n) is 3.09. The van der Waals surface area contributed by atoms with Crippen LogP contribution in [0.15, 0.2) is 28.7 Å². The van der Waals surface area contributed by atoms with E-state index in [1.807, 2.05) is 6.07 Å². The van der Waals surface area contributed by atoms with E-state index in [2.05, 4.69) is 14.7 Å². The molecular weight excluding hydrogens is 260 g/mol. The highest BCUT2D eigenvalue weighted by Gasteiger charge is 2.16. The third-order valence-electron chi connectivity index (χ3n) is 1.94. The van der Waals surface area contributed by atoms with E-state index in [1.165, 1.54) is 12.1 Å². The van der Waals surface area contributed by atoms with Gasteiger partial charge in [-0.25, -0.2) is 18.1 Å². The Labute approximate surface area is 102 Å². The van der Waals surface area contributed by atoms with Gasteiger partial charge in [-0.1, -0.05) is 0 Å². The molecule has 0 saturated heterocycles. The number of rotatable bonds is 4. The number of thiophene rings is 1. The number of nitrogens with one attached hydrogen (secondary N) is 2. The number of hydrogen-bond acceptors (Lipinski definition) is 5. The summed E-state index contributed by atoms with van der Waals surface area (Å²) in [6.07, 6.45) is 3.16. The molecule has 2 heterocycles. The molecule has 8 heteroatoms. The number of H-pyrrole nitrogens is 1. The van der Waals surface area contributed by atoms with Crippen LogP contribution in [0.1, 0.15) is 10.7 Å². The smallest absolute Gasteiger partial charge is 0.250 e. The minimum atomic E-state index is -3.57. The van der Waals surface area contributed by atoms with Crippen LogP contribution in [0.3, 0.4) is 0 Å². The van der Waals surface area contributed by atoms with Crippen LogP contribution in [-0.2, 0) is 16.6 Å². The van der Waals surface area contributed by atoms with Gasteiger partial charge in [0.15, 0.2) is 0 Å². The number of nitriles is 1. The van der Waals surface area contributed by atoms with Crippen molar-refractivity contribution in [2.24, 2.45) is 0 Å². The van der Waals surface area contributed by atoms with Crippen molar-refractivity contribution in [3.8, 4) is 6.07 Å². The topological polar surface area (TPSA) is 98.6 Å². The SMILES string of the molecule is N#Cc1ccc(S(=O)(=O)NCc2ncc[nH]2)s1. The van der Waals surface area contributed by atoms with Crippen molar-refractivity contribution in [1.82, 2.24) is 14.7 Å². The lowest BCUT2D eigenvalue weighted by molar-refractivity contribution is 0.582. The van der Waals surface area contributed by atoms with Crippen molar-refractivity contribution in [3.05, 3.63) is 35.2 Å². The summed E-state index contributed by atoms with van der Waals surface area (Å²) in [5.74, 6) is 0.533. The molecule has 17 heavy (non-hydrogen) atoms. The van der Waals surface area contributed by atoms with Crippen molar-refractivity contribution in [1.29, 1.82) is 5.26 Å². The monoisotopic (exact) mass is 268 g/mol. The first-order valence-corrected chi connectivity index (χ1v) is 6.89. The van der Waals surface area contributed by atoms with Gasteiger partial charge in [0.25, 0.3) is 10.0 Å². The first-order chi connectivity index (χ1) is 8.12. The summed E-state index contributed by atoms with van der Waals surface area (Å²) in [7, 11) is -3.57. The van der Waals surface area contributed by atoms with Crippen molar-refractivity contribution >= 4 is 21.4 Å². The highest BCUT2D eigenvalue weighted by molar-refractivity contribution is 7.91. The molecule has 0 spiro atoms. The Kier molecular flexibility index (Phi) is 3.23. The summed E-state index contributed by atoms with van der Waals surface area (Å²) in [4.78, 5) is 7.06. The molecule has 0 radical (unpaired) electrons. The minimum absolute atomic E-state index is 0.0924. The first-order valence-electron chi connectivity index (χ1n) is 4.60. The van der Waals surface area contributed by atoms with E-state index in [0.717, 1.165) is 11.3 Å². The summed E-state index contributed by atoms with van der Waals surface area (Å²) < 4.78 is 26.1. The molecule has 0 atom stereocenters. The summed E-state index contributed by atoms with van der Waals surface area (Å²) in [6.45, 7) is 0.0924. The Bertz CT molecular complexity index is 637. The molecule has 88 valence electrons. The average molecular weight is 268 g/mol. The Balaban J connectivity index is 2.11. The van der Waals surface area contributed by atoms with Crippen LogP contribution in [-0.4, -0.2) is 18.4 Å². The number of sulfonamides is 1. The predicted octanol–water partition coefficient (Wildman–Crippen LogP) is 0.821. The van der Waals surface area contributed by atoms with Gasteiger partial charge >= 0.3 is 0 Å². The second kappa shape index (κ2) is 4.67. The van der Waals surface area contributed by atoms with E-state index in [-0.39, 0.29) is 10.8 Å². The van der Waals surface area contributed by atoms with Gasteiger partial charge in [-0.05, 0) is 12.1 Å². The van der Waals surface area contributed by atoms with Gasteiger partial charge in [-0.3, -0.25) is 0 Å². The summed E-state index contributed by atoms with van der Waals surface area (Å²) in [5, 5.41) is 8.63. The van der Waals surface area contributed by atoms with Crippen LogP contribution in [0.4, 0.5) is 0 Å². The van der Waals surface area contributed by atoms with Crippen molar-refractivity contribution < 1.29 is 8.42 Å². The molecule has 2 aromatic heterocycles. The molecule has 2 N–H and O–H groups in total. The lowest BCUT2D eigenvalue weighted by Gasteiger charge is -2.01. The molecule has 2 aromatic rings. The Hall–Kier alpha value is -1.69.